The average Bonchev–Trinajstić information content (AvgIpc) is 3.11. The molecule has 0 radical (unpaired) electrons. The van der Waals surface area contributed by atoms with Crippen LogP contribution in [0.25, 0.3) is 12.2 Å². The molecule has 1 heterocycles. The third-order valence-electron chi connectivity index (χ3n) is 6.97. The zero-order valence-electron chi connectivity index (χ0n) is 18.8. The maximum Gasteiger partial charge on any atom is 0.227 e. The van der Waals surface area contributed by atoms with E-state index in [4.69, 9.17) is 0 Å². The van der Waals surface area contributed by atoms with E-state index in [1.807, 2.05) is 89.8 Å². The van der Waals surface area contributed by atoms with E-state index in [9.17, 15) is 4.79 Å². The molecule has 166 valence electrons. The maximum atomic E-state index is 15.5. The molecule has 1 fully saturated rings. The Morgan fingerprint density at radius 2 is 1.64 bits per heavy atom. The fourth-order valence-electron chi connectivity index (χ4n) is 5.32. The number of halogens is 1. The first kappa shape index (κ1) is 21.4. The number of likely N-dealkylation sites (tertiary alicyclic amines) is 1. The number of hydrogen-bond donors (Lipinski definition) is 0. The number of carbonyl (C=O) groups excluding carboxylic acids is 1. The normalized spacial score (nSPS) is 24.4. The summed E-state index contributed by atoms with van der Waals surface area (Å²) in [6.45, 7) is 2.63. The molecule has 1 aliphatic carbocycles. The Balaban J connectivity index is 1.49. The van der Waals surface area contributed by atoms with Crippen molar-refractivity contribution in [3.05, 3.63) is 119 Å². The monoisotopic (exact) mass is 437 g/mol. The highest BCUT2D eigenvalue weighted by Crippen LogP contribution is 2.49. The molecule has 33 heavy (non-hydrogen) atoms. The molecule has 1 aliphatic heterocycles. The molecule has 2 aliphatic rings. The first-order valence-corrected chi connectivity index (χ1v) is 11.7. The average molecular weight is 438 g/mol. The van der Waals surface area contributed by atoms with Crippen molar-refractivity contribution in [2.24, 2.45) is 17.8 Å². The van der Waals surface area contributed by atoms with Crippen LogP contribution in [0.4, 0.5) is 4.39 Å². The molecule has 0 N–H and O–H groups in total. The van der Waals surface area contributed by atoms with Crippen LogP contribution < -0.4 is 0 Å². The molecular weight excluding hydrogens is 409 g/mol. The minimum Gasteiger partial charge on any atom is -0.330 e. The number of rotatable bonds is 5. The van der Waals surface area contributed by atoms with Crippen molar-refractivity contribution in [2.45, 2.75) is 25.9 Å². The van der Waals surface area contributed by atoms with Crippen LogP contribution in [-0.2, 0) is 11.3 Å². The molecule has 0 saturated carbocycles. The van der Waals surface area contributed by atoms with Gasteiger partial charge < -0.3 is 4.90 Å². The second-order valence-electron chi connectivity index (χ2n) is 9.17. The van der Waals surface area contributed by atoms with E-state index >= 15 is 4.39 Å². The van der Waals surface area contributed by atoms with Crippen molar-refractivity contribution in [3.8, 4) is 0 Å². The lowest BCUT2D eigenvalue weighted by Gasteiger charge is -2.30. The predicted molar refractivity (Wildman–Crippen MR) is 131 cm³/mol. The molecule has 5 rings (SSSR count). The van der Waals surface area contributed by atoms with Crippen LogP contribution in [0, 0.1) is 23.6 Å². The van der Waals surface area contributed by atoms with Crippen molar-refractivity contribution in [1.82, 2.24) is 4.90 Å². The third kappa shape index (κ3) is 4.28. The molecule has 0 bridgehead atoms. The summed E-state index contributed by atoms with van der Waals surface area (Å²) >= 11 is 0. The zero-order chi connectivity index (χ0) is 22.8. The molecule has 0 spiro atoms. The molecule has 4 atom stereocenters. The second kappa shape index (κ2) is 9.19. The lowest BCUT2D eigenvalue weighted by atomic mass is 9.75. The maximum absolute atomic E-state index is 15.5. The van der Waals surface area contributed by atoms with Crippen LogP contribution in [0.5, 0.6) is 0 Å². The van der Waals surface area contributed by atoms with Crippen molar-refractivity contribution < 1.29 is 9.18 Å². The van der Waals surface area contributed by atoms with Gasteiger partial charge in [0.2, 0.25) is 5.91 Å². The van der Waals surface area contributed by atoms with Crippen LogP contribution in [0.3, 0.4) is 0 Å². The second-order valence-corrected chi connectivity index (χ2v) is 9.17. The Labute approximate surface area is 195 Å². The fraction of sp³-hybridized carbons (Fsp3) is 0.233. The number of fused-ring (bicyclic) bond motifs is 1. The van der Waals surface area contributed by atoms with Gasteiger partial charge in [-0.15, -0.1) is 0 Å². The molecule has 0 unspecified atom stereocenters. The Bertz CT molecular complexity index is 1180. The van der Waals surface area contributed by atoms with Gasteiger partial charge in [-0.25, -0.2) is 4.39 Å². The number of hydrogen-bond acceptors (Lipinski definition) is 1. The van der Waals surface area contributed by atoms with Gasteiger partial charge in [0, 0.05) is 23.9 Å². The summed E-state index contributed by atoms with van der Waals surface area (Å²) in [6.07, 6.45) is 9.10. The Hall–Kier alpha value is -3.46. The molecule has 3 aromatic rings. The third-order valence-corrected chi connectivity index (χ3v) is 6.97. The number of allylic oxidation sites excluding steroid dienone is 1. The molecule has 2 nitrogen and oxygen atoms in total. The predicted octanol–water partition coefficient (Wildman–Crippen LogP) is 6.91. The van der Waals surface area contributed by atoms with Gasteiger partial charge >= 0.3 is 0 Å². The van der Waals surface area contributed by atoms with E-state index in [1.165, 1.54) is 0 Å². The molecule has 3 heteroatoms. The topological polar surface area (TPSA) is 20.3 Å². The van der Waals surface area contributed by atoms with Gasteiger partial charge in [0.1, 0.15) is 5.82 Å². The number of amides is 1. The van der Waals surface area contributed by atoms with Gasteiger partial charge in [-0.2, -0.15) is 0 Å². The highest BCUT2D eigenvalue weighted by Gasteiger charge is 2.50. The van der Waals surface area contributed by atoms with E-state index in [1.54, 1.807) is 6.07 Å². The summed E-state index contributed by atoms with van der Waals surface area (Å²) in [7, 11) is 0. The van der Waals surface area contributed by atoms with Crippen LogP contribution in [0.15, 0.2) is 91.0 Å². The zero-order valence-corrected chi connectivity index (χ0v) is 18.8. The van der Waals surface area contributed by atoms with E-state index in [2.05, 4.69) is 19.1 Å². The van der Waals surface area contributed by atoms with Gasteiger partial charge in [0.15, 0.2) is 0 Å². The molecular formula is C30H28FNO. The largest absolute Gasteiger partial charge is 0.330 e. The van der Waals surface area contributed by atoms with E-state index in [-0.39, 0.29) is 35.5 Å². The van der Waals surface area contributed by atoms with Crippen molar-refractivity contribution in [1.29, 1.82) is 0 Å². The molecule has 3 aromatic carbocycles. The Kier molecular flexibility index (Phi) is 5.95. The van der Waals surface area contributed by atoms with Crippen molar-refractivity contribution >= 4 is 18.1 Å². The van der Waals surface area contributed by atoms with Gasteiger partial charge in [0.25, 0.3) is 0 Å². The summed E-state index contributed by atoms with van der Waals surface area (Å²) < 4.78 is 15.5. The van der Waals surface area contributed by atoms with Crippen LogP contribution in [0.2, 0.25) is 0 Å². The Morgan fingerprint density at radius 1 is 0.939 bits per heavy atom. The Morgan fingerprint density at radius 3 is 2.36 bits per heavy atom. The minimum atomic E-state index is -0.297. The summed E-state index contributed by atoms with van der Waals surface area (Å²) in [6, 6.07) is 25.1. The SMILES string of the molecule is C[C@@H]1CC=C[C@H]2[C@H]1C(=O)N(Cc1ccccc1)[C@H]2c1ccc(/C=C/c2ccccc2)cc1F. The van der Waals surface area contributed by atoms with Crippen LogP contribution in [-0.4, -0.2) is 10.8 Å². The van der Waals surface area contributed by atoms with Crippen LogP contribution in [0.1, 0.15) is 41.6 Å². The summed E-state index contributed by atoms with van der Waals surface area (Å²) in [4.78, 5) is 15.4. The summed E-state index contributed by atoms with van der Waals surface area (Å²) in [5.74, 6) is 0.0318. The van der Waals surface area contributed by atoms with E-state index in [0.29, 0.717) is 12.1 Å². The first-order chi connectivity index (χ1) is 16.1. The summed E-state index contributed by atoms with van der Waals surface area (Å²) in [5.41, 5.74) is 3.54. The highest BCUT2D eigenvalue weighted by molar-refractivity contribution is 5.83. The number of carbonyl (C=O) groups is 1. The lowest BCUT2D eigenvalue weighted by Crippen LogP contribution is -2.31. The van der Waals surface area contributed by atoms with Gasteiger partial charge in [0.05, 0.1) is 6.04 Å². The van der Waals surface area contributed by atoms with E-state index < -0.39 is 0 Å². The molecule has 1 amide bonds. The number of benzene rings is 3. The standard InChI is InChI=1S/C30H28FNO/c1-21-9-8-14-26-28(21)30(33)32(20-24-12-6-3-7-13-24)29(26)25-18-17-23(19-27(25)31)16-15-22-10-4-2-5-11-22/h2-8,10-19,21,26,28-29H,9,20H2,1H3/b16-15+/t21-,26+,28+,29+/m1/s1. The highest BCUT2D eigenvalue weighted by atomic mass is 19.1. The molecule has 0 aromatic heterocycles. The smallest absolute Gasteiger partial charge is 0.227 e. The van der Waals surface area contributed by atoms with Crippen molar-refractivity contribution in [3.63, 3.8) is 0 Å². The van der Waals surface area contributed by atoms with Crippen molar-refractivity contribution in [2.75, 3.05) is 0 Å². The van der Waals surface area contributed by atoms with Gasteiger partial charge in [-0.3, -0.25) is 4.79 Å². The van der Waals surface area contributed by atoms with Gasteiger partial charge in [-0.05, 0) is 35.1 Å². The first-order valence-electron chi connectivity index (χ1n) is 11.7. The van der Waals surface area contributed by atoms with Gasteiger partial charge in [-0.1, -0.05) is 104 Å². The lowest BCUT2D eigenvalue weighted by molar-refractivity contribution is -0.134. The van der Waals surface area contributed by atoms with Crippen LogP contribution >= 0.6 is 0 Å². The van der Waals surface area contributed by atoms with E-state index in [0.717, 1.165) is 23.1 Å². The quantitative estimate of drug-likeness (QED) is 0.314. The minimum absolute atomic E-state index is 0.00910. The molecule has 1 saturated heterocycles. The number of nitrogens with zero attached hydrogens (tertiary/aromatic N) is 1. The fourth-order valence-corrected chi connectivity index (χ4v) is 5.32. The summed E-state index contributed by atoms with van der Waals surface area (Å²) in [5, 5.41) is 0.